The van der Waals surface area contributed by atoms with E-state index >= 15 is 0 Å². The number of hydrogen-bond acceptors (Lipinski definition) is 2. The van der Waals surface area contributed by atoms with Crippen molar-refractivity contribution in [2.75, 3.05) is 6.54 Å². The summed E-state index contributed by atoms with van der Waals surface area (Å²) in [6, 6.07) is 9.04. The highest BCUT2D eigenvalue weighted by Gasteiger charge is 2.28. The molecule has 2 heteroatoms. The SMILES string of the molecule is CCc1cc2cc(C3=NCC4CCC3CC4)ccc2nc1C. The minimum absolute atomic E-state index is 0.681. The monoisotopic (exact) mass is 292 g/mol. The van der Waals surface area contributed by atoms with Crippen LogP contribution in [-0.4, -0.2) is 17.2 Å². The van der Waals surface area contributed by atoms with Gasteiger partial charge < -0.3 is 0 Å². The van der Waals surface area contributed by atoms with Gasteiger partial charge in [-0.05, 0) is 74.3 Å². The summed E-state index contributed by atoms with van der Waals surface area (Å²) in [4.78, 5) is 9.74. The Balaban J connectivity index is 1.79. The fourth-order valence-electron chi connectivity index (χ4n) is 4.14. The summed E-state index contributed by atoms with van der Waals surface area (Å²) in [7, 11) is 0. The van der Waals surface area contributed by atoms with Crippen molar-refractivity contribution in [1.29, 1.82) is 0 Å². The molecular weight excluding hydrogens is 268 g/mol. The first kappa shape index (κ1) is 13.9. The molecule has 0 amide bonds. The summed E-state index contributed by atoms with van der Waals surface area (Å²) in [5.41, 5.74) is 6.31. The van der Waals surface area contributed by atoms with Gasteiger partial charge in [-0.15, -0.1) is 0 Å². The summed E-state index contributed by atoms with van der Waals surface area (Å²) in [5.74, 6) is 1.52. The van der Waals surface area contributed by atoms with E-state index in [-0.39, 0.29) is 0 Å². The lowest BCUT2D eigenvalue weighted by atomic mass is 9.80. The lowest BCUT2D eigenvalue weighted by Crippen LogP contribution is -2.18. The molecule has 5 rings (SSSR count). The molecule has 0 N–H and O–H groups in total. The van der Waals surface area contributed by atoms with E-state index in [2.05, 4.69) is 38.1 Å². The first-order chi connectivity index (χ1) is 10.7. The molecule has 2 nitrogen and oxygen atoms in total. The zero-order valence-electron chi connectivity index (χ0n) is 13.6. The Morgan fingerprint density at radius 1 is 1.09 bits per heavy atom. The summed E-state index contributed by atoms with van der Waals surface area (Å²) in [6.07, 6.45) is 6.43. The molecular formula is C20H24N2. The molecule has 1 saturated carbocycles. The molecule has 2 aromatic rings. The van der Waals surface area contributed by atoms with E-state index in [4.69, 9.17) is 9.98 Å². The van der Waals surface area contributed by atoms with Crippen LogP contribution >= 0.6 is 0 Å². The summed E-state index contributed by atoms with van der Waals surface area (Å²) < 4.78 is 0. The normalized spacial score (nSPS) is 24.4. The van der Waals surface area contributed by atoms with Crippen LogP contribution in [0.2, 0.25) is 0 Å². The zero-order chi connectivity index (χ0) is 15.1. The molecule has 0 atom stereocenters. The van der Waals surface area contributed by atoms with Crippen LogP contribution in [0.5, 0.6) is 0 Å². The van der Waals surface area contributed by atoms with E-state index in [0.717, 1.165) is 30.1 Å². The Kier molecular flexibility index (Phi) is 3.48. The lowest BCUT2D eigenvalue weighted by molar-refractivity contribution is 0.345. The van der Waals surface area contributed by atoms with E-state index < -0.39 is 0 Å². The maximum absolute atomic E-state index is 4.98. The van der Waals surface area contributed by atoms with Crippen molar-refractivity contribution in [1.82, 2.24) is 4.98 Å². The molecule has 0 spiro atoms. The third kappa shape index (κ3) is 2.35. The van der Waals surface area contributed by atoms with Gasteiger partial charge in [-0.25, -0.2) is 0 Å². The van der Waals surface area contributed by atoms with Crippen LogP contribution in [0.25, 0.3) is 10.9 Å². The average Bonchev–Trinajstić information content (AvgIpc) is 2.87. The average molecular weight is 292 g/mol. The molecule has 0 unspecified atom stereocenters. The van der Waals surface area contributed by atoms with Gasteiger partial charge in [0, 0.05) is 29.3 Å². The zero-order valence-corrected chi connectivity index (χ0v) is 13.6. The molecule has 22 heavy (non-hydrogen) atoms. The first-order valence-corrected chi connectivity index (χ1v) is 8.69. The van der Waals surface area contributed by atoms with Gasteiger partial charge in [-0.1, -0.05) is 13.0 Å². The van der Waals surface area contributed by atoms with Gasteiger partial charge in [0.05, 0.1) is 5.52 Å². The molecule has 1 aromatic carbocycles. The van der Waals surface area contributed by atoms with Crippen LogP contribution < -0.4 is 0 Å². The van der Waals surface area contributed by atoms with Gasteiger partial charge in [0.2, 0.25) is 0 Å². The van der Waals surface area contributed by atoms with Gasteiger partial charge in [0.25, 0.3) is 0 Å². The summed E-state index contributed by atoms with van der Waals surface area (Å²) >= 11 is 0. The molecule has 1 aliphatic carbocycles. The minimum atomic E-state index is 0.681. The molecule has 1 fully saturated rings. The minimum Gasteiger partial charge on any atom is -0.289 e. The number of benzene rings is 1. The highest BCUT2D eigenvalue weighted by Crippen LogP contribution is 2.35. The number of aliphatic imine (C=N–C) groups is 1. The Morgan fingerprint density at radius 3 is 2.68 bits per heavy atom. The van der Waals surface area contributed by atoms with Crippen LogP contribution in [0.4, 0.5) is 0 Å². The number of hydrogen-bond donors (Lipinski definition) is 0. The molecule has 3 heterocycles. The van der Waals surface area contributed by atoms with Crippen molar-refractivity contribution in [2.45, 2.75) is 46.0 Å². The molecule has 1 aromatic heterocycles. The number of aryl methyl sites for hydroxylation is 2. The summed E-state index contributed by atoms with van der Waals surface area (Å²) in [5, 5.41) is 1.27. The van der Waals surface area contributed by atoms with Crippen molar-refractivity contribution in [2.24, 2.45) is 16.8 Å². The highest BCUT2D eigenvalue weighted by atomic mass is 14.8. The van der Waals surface area contributed by atoms with E-state index in [1.165, 1.54) is 47.9 Å². The third-order valence-electron chi connectivity index (χ3n) is 5.54. The standard InChI is InChI=1S/C20H24N2/c1-3-15-10-18-11-17(8-9-19(18)22-13(15)2)20-16-6-4-14(5-7-16)12-21-20/h8-11,14,16H,3-7,12H2,1-2H3. The number of rotatable bonds is 2. The fraction of sp³-hybridized carbons (Fsp3) is 0.500. The Hall–Kier alpha value is -1.70. The second-order valence-electron chi connectivity index (χ2n) is 6.94. The van der Waals surface area contributed by atoms with Crippen molar-refractivity contribution in [3.8, 4) is 0 Å². The van der Waals surface area contributed by atoms with Crippen LogP contribution in [0.15, 0.2) is 29.3 Å². The molecule has 2 bridgehead atoms. The molecule has 2 aliphatic heterocycles. The smallest absolute Gasteiger partial charge is 0.0705 e. The van der Waals surface area contributed by atoms with Gasteiger partial charge in [-0.3, -0.25) is 9.98 Å². The van der Waals surface area contributed by atoms with Crippen molar-refractivity contribution in [3.05, 3.63) is 41.1 Å². The van der Waals surface area contributed by atoms with Crippen molar-refractivity contribution >= 4 is 16.6 Å². The fourth-order valence-corrected chi connectivity index (χ4v) is 4.14. The molecule has 3 aliphatic rings. The molecule has 0 radical (unpaired) electrons. The molecule has 0 saturated heterocycles. The van der Waals surface area contributed by atoms with Crippen LogP contribution in [-0.2, 0) is 6.42 Å². The second kappa shape index (κ2) is 5.49. The van der Waals surface area contributed by atoms with Crippen LogP contribution in [0.1, 0.15) is 49.4 Å². The quantitative estimate of drug-likeness (QED) is 0.786. The number of nitrogens with zero attached hydrogens (tertiary/aromatic N) is 2. The number of fused-ring (bicyclic) bond motifs is 4. The predicted molar refractivity (Wildman–Crippen MR) is 92.7 cm³/mol. The first-order valence-electron chi connectivity index (χ1n) is 8.69. The van der Waals surface area contributed by atoms with Crippen molar-refractivity contribution in [3.63, 3.8) is 0 Å². The summed E-state index contributed by atoms with van der Waals surface area (Å²) in [6.45, 7) is 5.35. The van der Waals surface area contributed by atoms with Gasteiger partial charge in [0.1, 0.15) is 0 Å². The number of pyridine rings is 1. The van der Waals surface area contributed by atoms with Gasteiger partial charge in [-0.2, -0.15) is 0 Å². The topological polar surface area (TPSA) is 25.2 Å². The van der Waals surface area contributed by atoms with E-state index in [9.17, 15) is 0 Å². The van der Waals surface area contributed by atoms with Crippen molar-refractivity contribution < 1.29 is 0 Å². The predicted octanol–water partition coefficient (Wildman–Crippen LogP) is 4.71. The lowest BCUT2D eigenvalue weighted by Gasteiger charge is -2.24. The highest BCUT2D eigenvalue weighted by molar-refractivity contribution is 6.04. The van der Waals surface area contributed by atoms with E-state index in [1.54, 1.807) is 0 Å². The molecule has 114 valence electrons. The maximum Gasteiger partial charge on any atom is 0.0705 e. The number of aromatic nitrogens is 1. The van der Waals surface area contributed by atoms with Crippen LogP contribution in [0, 0.1) is 18.8 Å². The van der Waals surface area contributed by atoms with Gasteiger partial charge in [0.15, 0.2) is 0 Å². The Bertz CT molecular complexity index is 737. The second-order valence-corrected chi connectivity index (χ2v) is 6.94. The third-order valence-corrected chi connectivity index (χ3v) is 5.54. The Labute approximate surface area is 132 Å². The van der Waals surface area contributed by atoms with E-state index in [0.29, 0.717) is 5.92 Å². The Morgan fingerprint density at radius 2 is 1.91 bits per heavy atom. The van der Waals surface area contributed by atoms with Crippen LogP contribution in [0.3, 0.4) is 0 Å². The largest absolute Gasteiger partial charge is 0.289 e. The van der Waals surface area contributed by atoms with E-state index in [1.807, 2.05) is 0 Å². The maximum atomic E-state index is 4.98. The van der Waals surface area contributed by atoms with Gasteiger partial charge >= 0.3 is 0 Å².